The summed E-state index contributed by atoms with van der Waals surface area (Å²) in [6, 6.07) is 7.51. The first-order valence-corrected chi connectivity index (χ1v) is 8.52. The second kappa shape index (κ2) is 7.78. The lowest BCUT2D eigenvalue weighted by atomic mass is 10.2. The van der Waals surface area contributed by atoms with Crippen LogP contribution in [0.4, 0.5) is 0 Å². The Morgan fingerprint density at radius 1 is 1.33 bits per heavy atom. The van der Waals surface area contributed by atoms with Gasteiger partial charge in [0.1, 0.15) is 5.76 Å². The predicted molar refractivity (Wildman–Crippen MR) is 90.5 cm³/mol. The van der Waals surface area contributed by atoms with E-state index in [0.29, 0.717) is 24.1 Å². The quantitative estimate of drug-likeness (QED) is 0.662. The van der Waals surface area contributed by atoms with Gasteiger partial charge in [-0.3, -0.25) is 14.3 Å². The molecule has 0 radical (unpaired) electrons. The van der Waals surface area contributed by atoms with Crippen LogP contribution in [0.15, 0.2) is 52.5 Å². The van der Waals surface area contributed by atoms with Gasteiger partial charge in [-0.1, -0.05) is 11.8 Å². The van der Waals surface area contributed by atoms with E-state index < -0.39 is 0 Å². The summed E-state index contributed by atoms with van der Waals surface area (Å²) >= 11 is 1.35. The maximum atomic E-state index is 11.7. The highest BCUT2D eigenvalue weighted by Crippen LogP contribution is 2.24. The van der Waals surface area contributed by atoms with Crippen LogP contribution in [0.25, 0.3) is 11.4 Å². The minimum atomic E-state index is -0.0297. The Morgan fingerprint density at radius 2 is 2.25 bits per heavy atom. The van der Waals surface area contributed by atoms with E-state index in [2.05, 4.69) is 20.5 Å². The van der Waals surface area contributed by atoms with Crippen LogP contribution in [-0.2, 0) is 11.3 Å². The van der Waals surface area contributed by atoms with Crippen molar-refractivity contribution in [1.29, 1.82) is 0 Å². The molecule has 3 rings (SSSR count). The van der Waals surface area contributed by atoms with Crippen molar-refractivity contribution >= 4 is 17.7 Å². The van der Waals surface area contributed by atoms with Gasteiger partial charge in [0.25, 0.3) is 0 Å². The molecular weight excluding hydrogens is 326 g/mol. The number of hydrogen-bond donors (Lipinski definition) is 1. The maximum Gasteiger partial charge on any atom is 0.230 e. The maximum absolute atomic E-state index is 11.7. The monoisotopic (exact) mass is 343 g/mol. The second-order valence-corrected chi connectivity index (χ2v) is 5.90. The summed E-state index contributed by atoms with van der Waals surface area (Å²) in [6.45, 7) is 2.99. The molecule has 0 spiro atoms. The third-order valence-corrected chi connectivity index (χ3v) is 4.20. The fraction of sp³-hybridized carbons (Fsp3) is 0.250. The van der Waals surface area contributed by atoms with Crippen molar-refractivity contribution in [2.24, 2.45) is 0 Å². The van der Waals surface area contributed by atoms with Crippen LogP contribution in [0, 0.1) is 0 Å². The fourth-order valence-electron chi connectivity index (χ4n) is 2.18. The molecule has 8 heteroatoms. The minimum absolute atomic E-state index is 0.0297. The van der Waals surface area contributed by atoms with Crippen LogP contribution in [-0.4, -0.2) is 38.0 Å². The van der Waals surface area contributed by atoms with Crippen molar-refractivity contribution in [2.45, 2.75) is 18.6 Å². The summed E-state index contributed by atoms with van der Waals surface area (Å²) in [7, 11) is 0. The van der Waals surface area contributed by atoms with Gasteiger partial charge in [0.2, 0.25) is 5.91 Å². The zero-order valence-electron chi connectivity index (χ0n) is 13.2. The lowest BCUT2D eigenvalue weighted by Crippen LogP contribution is -2.24. The standard InChI is InChI=1S/C16H17N5O2S/c1-2-18-14(22)11-24-16-20-19-15(12-5-3-7-17-9-12)21(16)10-13-6-4-8-23-13/h3-9H,2,10-11H2,1H3,(H,18,22). The van der Waals surface area contributed by atoms with Gasteiger partial charge in [-0.2, -0.15) is 0 Å². The number of carbonyl (C=O) groups excluding carboxylic acids is 1. The van der Waals surface area contributed by atoms with Gasteiger partial charge in [0.15, 0.2) is 11.0 Å². The topological polar surface area (TPSA) is 85.8 Å². The normalized spacial score (nSPS) is 10.7. The summed E-state index contributed by atoms with van der Waals surface area (Å²) in [5.41, 5.74) is 0.862. The first-order chi connectivity index (χ1) is 11.8. The number of thioether (sulfide) groups is 1. The van der Waals surface area contributed by atoms with Gasteiger partial charge < -0.3 is 9.73 Å². The largest absolute Gasteiger partial charge is 0.467 e. The average Bonchev–Trinajstić information content (AvgIpc) is 3.25. The van der Waals surface area contributed by atoms with Crippen LogP contribution in [0.5, 0.6) is 0 Å². The van der Waals surface area contributed by atoms with E-state index in [1.54, 1.807) is 18.7 Å². The van der Waals surface area contributed by atoms with E-state index in [1.807, 2.05) is 35.8 Å². The van der Waals surface area contributed by atoms with Crippen LogP contribution in [0.3, 0.4) is 0 Å². The fourth-order valence-corrected chi connectivity index (χ4v) is 2.95. The Kier molecular flexibility index (Phi) is 5.27. The molecule has 1 N–H and O–H groups in total. The Labute approximate surface area is 143 Å². The van der Waals surface area contributed by atoms with Gasteiger partial charge in [0.05, 0.1) is 18.6 Å². The number of pyridine rings is 1. The minimum Gasteiger partial charge on any atom is -0.467 e. The highest BCUT2D eigenvalue weighted by atomic mass is 32.2. The molecule has 1 amide bonds. The molecule has 3 aromatic heterocycles. The number of rotatable bonds is 7. The lowest BCUT2D eigenvalue weighted by Gasteiger charge is -2.08. The van der Waals surface area contributed by atoms with Crippen LogP contribution in [0.1, 0.15) is 12.7 Å². The number of nitrogens with one attached hydrogen (secondary N) is 1. The molecule has 0 aliphatic rings. The molecule has 0 saturated heterocycles. The summed E-state index contributed by atoms with van der Waals surface area (Å²) in [6.07, 6.45) is 5.08. The van der Waals surface area contributed by atoms with Crippen molar-refractivity contribution in [3.63, 3.8) is 0 Å². The molecule has 0 aliphatic carbocycles. The molecule has 0 aliphatic heterocycles. The van der Waals surface area contributed by atoms with Crippen molar-refractivity contribution in [3.05, 3.63) is 48.7 Å². The van der Waals surface area contributed by atoms with E-state index in [1.165, 1.54) is 11.8 Å². The van der Waals surface area contributed by atoms with Crippen molar-refractivity contribution in [1.82, 2.24) is 25.1 Å². The Balaban J connectivity index is 1.88. The Morgan fingerprint density at radius 3 is 2.96 bits per heavy atom. The summed E-state index contributed by atoms with van der Waals surface area (Å²) < 4.78 is 7.37. The number of amides is 1. The molecule has 7 nitrogen and oxygen atoms in total. The van der Waals surface area contributed by atoms with Gasteiger partial charge in [-0.15, -0.1) is 10.2 Å². The number of aromatic nitrogens is 4. The van der Waals surface area contributed by atoms with Crippen LogP contribution in [0.2, 0.25) is 0 Å². The molecular formula is C16H17N5O2S. The molecule has 3 aromatic rings. The molecule has 0 saturated carbocycles. The molecule has 0 aromatic carbocycles. The van der Waals surface area contributed by atoms with Crippen molar-refractivity contribution < 1.29 is 9.21 Å². The number of hydrogen-bond acceptors (Lipinski definition) is 6. The Hall–Kier alpha value is -2.61. The second-order valence-electron chi connectivity index (χ2n) is 4.96. The zero-order chi connectivity index (χ0) is 16.8. The average molecular weight is 343 g/mol. The van der Waals surface area contributed by atoms with Crippen molar-refractivity contribution in [3.8, 4) is 11.4 Å². The van der Waals surface area contributed by atoms with E-state index in [4.69, 9.17) is 4.42 Å². The molecule has 0 atom stereocenters. The van der Waals surface area contributed by atoms with Crippen molar-refractivity contribution in [2.75, 3.05) is 12.3 Å². The zero-order valence-corrected chi connectivity index (χ0v) is 14.0. The van der Waals surface area contributed by atoms with Gasteiger partial charge >= 0.3 is 0 Å². The summed E-state index contributed by atoms with van der Waals surface area (Å²) in [4.78, 5) is 15.8. The SMILES string of the molecule is CCNC(=O)CSc1nnc(-c2cccnc2)n1Cc1ccco1. The van der Waals surface area contributed by atoms with E-state index in [-0.39, 0.29) is 11.7 Å². The third kappa shape index (κ3) is 3.83. The molecule has 0 unspecified atom stereocenters. The molecule has 3 heterocycles. The molecule has 124 valence electrons. The highest BCUT2D eigenvalue weighted by molar-refractivity contribution is 7.99. The first-order valence-electron chi connectivity index (χ1n) is 7.53. The number of carbonyl (C=O) groups is 1. The van der Waals surface area contributed by atoms with E-state index in [9.17, 15) is 4.79 Å². The predicted octanol–water partition coefficient (Wildman–Crippen LogP) is 2.21. The third-order valence-electron chi connectivity index (χ3n) is 3.24. The highest BCUT2D eigenvalue weighted by Gasteiger charge is 2.16. The lowest BCUT2D eigenvalue weighted by molar-refractivity contribution is -0.118. The molecule has 0 bridgehead atoms. The van der Waals surface area contributed by atoms with Crippen LogP contribution < -0.4 is 5.32 Å². The summed E-state index contributed by atoms with van der Waals surface area (Å²) in [5.74, 6) is 1.74. The van der Waals surface area contributed by atoms with E-state index >= 15 is 0 Å². The number of nitrogens with zero attached hydrogens (tertiary/aromatic N) is 4. The van der Waals surface area contributed by atoms with Gasteiger partial charge in [-0.05, 0) is 31.2 Å². The number of furan rings is 1. The molecule has 0 fully saturated rings. The van der Waals surface area contributed by atoms with E-state index in [0.717, 1.165) is 11.3 Å². The first kappa shape index (κ1) is 16.3. The molecule has 24 heavy (non-hydrogen) atoms. The smallest absolute Gasteiger partial charge is 0.230 e. The van der Waals surface area contributed by atoms with Gasteiger partial charge in [0, 0.05) is 24.5 Å². The Bertz CT molecular complexity index is 786. The van der Waals surface area contributed by atoms with Gasteiger partial charge in [-0.25, -0.2) is 0 Å². The summed E-state index contributed by atoms with van der Waals surface area (Å²) in [5, 5.41) is 11.9. The van der Waals surface area contributed by atoms with Crippen LogP contribution >= 0.6 is 11.8 Å².